The molecule has 8 nitrogen and oxygen atoms in total. The van der Waals surface area contributed by atoms with Gasteiger partial charge >= 0.3 is 0 Å². The largest absolute Gasteiger partial charge is 0.311 e. The number of para-hydroxylation sites is 1. The number of tetrazole rings is 1. The number of nitrogens with zero attached hydrogens (tertiary/aromatic N) is 4. The lowest BCUT2D eigenvalue weighted by Gasteiger charge is -2.31. The molecule has 1 aromatic carbocycles. The quantitative estimate of drug-likeness (QED) is 0.639. The standard InChI is InChI=1S/C13H11N5O3/c1-2-18-8-6-4-3-5-7(8)10(19)9(13(18)21)11(20)12-14-16-17-15-12/h3-6,9H,2H2,1H3,(H,14,15,16,17). The summed E-state index contributed by atoms with van der Waals surface area (Å²) in [7, 11) is 0. The molecule has 2 aromatic rings. The number of carbonyl (C=O) groups is 3. The van der Waals surface area contributed by atoms with Crippen molar-refractivity contribution in [1.29, 1.82) is 0 Å². The molecule has 3 rings (SSSR count). The van der Waals surface area contributed by atoms with Crippen molar-refractivity contribution < 1.29 is 14.4 Å². The minimum absolute atomic E-state index is 0.267. The summed E-state index contributed by atoms with van der Waals surface area (Å²) >= 11 is 0. The zero-order valence-electron chi connectivity index (χ0n) is 11.1. The average molecular weight is 285 g/mol. The van der Waals surface area contributed by atoms with Crippen molar-refractivity contribution >= 4 is 23.2 Å². The van der Waals surface area contributed by atoms with Crippen LogP contribution in [0.2, 0.25) is 0 Å². The SMILES string of the molecule is CCN1C(=O)C(C(=O)c2nn[nH]n2)C(=O)c2ccccc21. The topological polar surface area (TPSA) is 109 Å². The van der Waals surface area contributed by atoms with Crippen LogP contribution in [0.25, 0.3) is 0 Å². The number of amides is 1. The van der Waals surface area contributed by atoms with Crippen LogP contribution in [0.1, 0.15) is 27.9 Å². The summed E-state index contributed by atoms with van der Waals surface area (Å²) in [5.74, 6) is -3.55. The number of anilines is 1. The maximum Gasteiger partial charge on any atom is 0.246 e. The van der Waals surface area contributed by atoms with Crippen molar-refractivity contribution in [3.05, 3.63) is 35.7 Å². The van der Waals surface area contributed by atoms with Gasteiger partial charge in [-0.25, -0.2) is 0 Å². The van der Waals surface area contributed by atoms with E-state index in [0.29, 0.717) is 17.8 Å². The lowest BCUT2D eigenvalue weighted by Crippen LogP contribution is -2.48. The van der Waals surface area contributed by atoms with Crippen LogP contribution in [-0.2, 0) is 4.79 Å². The van der Waals surface area contributed by atoms with Gasteiger partial charge < -0.3 is 4.90 Å². The third kappa shape index (κ3) is 1.92. The summed E-state index contributed by atoms with van der Waals surface area (Å²) in [6.07, 6.45) is 0. The average Bonchev–Trinajstić information content (AvgIpc) is 3.02. The highest BCUT2D eigenvalue weighted by atomic mass is 16.2. The van der Waals surface area contributed by atoms with Crippen LogP contribution < -0.4 is 4.90 Å². The molecule has 8 heteroatoms. The van der Waals surface area contributed by atoms with Crippen LogP contribution in [0.5, 0.6) is 0 Å². The summed E-state index contributed by atoms with van der Waals surface area (Å²) in [5, 5.41) is 12.5. The maximum absolute atomic E-state index is 12.5. The first-order valence-electron chi connectivity index (χ1n) is 6.37. The van der Waals surface area contributed by atoms with E-state index < -0.39 is 23.4 Å². The van der Waals surface area contributed by atoms with Crippen LogP contribution >= 0.6 is 0 Å². The van der Waals surface area contributed by atoms with Crippen LogP contribution in [0.4, 0.5) is 5.69 Å². The summed E-state index contributed by atoms with van der Waals surface area (Å²) < 4.78 is 0. The molecule has 21 heavy (non-hydrogen) atoms. The fourth-order valence-electron chi connectivity index (χ4n) is 2.41. The van der Waals surface area contributed by atoms with Gasteiger partial charge in [0, 0.05) is 12.1 Å². The second kappa shape index (κ2) is 4.89. The van der Waals surface area contributed by atoms with Crippen molar-refractivity contribution in [2.24, 2.45) is 5.92 Å². The second-order valence-electron chi connectivity index (χ2n) is 4.50. The Morgan fingerprint density at radius 2 is 2.10 bits per heavy atom. The Morgan fingerprint density at radius 3 is 2.76 bits per heavy atom. The van der Waals surface area contributed by atoms with E-state index in [2.05, 4.69) is 20.6 Å². The number of hydrogen-bond donors (Lipinski definition) is 1. The van der Waals surface area contributed by atoms with Crippen molar-refractivity contribution in [3.8, 4) is 0 Å². The Balaban J connectivity index is 2.09. The van der Waals surface area contributed by atoms with Gasteiger partial charge in [0.05, 0.1) is 5.69 Å². The van der Waals surface area contributed by atoms with Gasteiger partial charge in [0.2, 0.25) is 17.5 Å². The number of benzene rings is 1. The van der Waals surface area contributed by atoms with Crippen LogP contribution in [-0.4, -0.2) is 44.6 Å². The molecule has 0 saturated heterocycles. The van der Waals surface area contributed by atoms with E-state index in [9.17, 15) is 14.4 Å². The molecule has 1 N–H and O–H groups in total. The number of rotatable bonds is 3. The Bertz CT molecular complexity index is 725. The van der Waals surface area contributed by atoms with Crippen molar-refractivity contribution in [2.45, 2.75) is 6.92 Å². The number of H-pyrrole nitrogens is 1. The van der Waals surface area contributed by atoms with Crippen molar-refractivity contribution in [3.63, 3.8) is 0 Å². The maximum atomic E-state index is 12.5. The Kier molecular flexibility index (Phi) is 3.05. The van der Waals surface area contributed by atoms with E-state index >= 15 is 0 Å². The van der Waals surface area contributed by atoms with E-state index in [1.165, 1.54) is 4.90 Å². The molecule has 0 saturated carbocycles. The van der Waals surface area contributed by atoms with E-state index in [4.69, 9.17) is 0 Å². The number of ketones is 2. The molecule has 0 bridgehead atoms. The van der Waals surface area contributed by atoms with Gasteiger partial charge in [0.25, 0.3) is 0 Å². The fraction of sp³-hybridized carbons (Fsp3) is 0.231. The first-order chi connectivity index (χ1) is 10.1. The third-order valence-electron chi connectivity index (χ3n) is 3.38. The monoisotopic (exact) mass is 285 g/mol. The highest BCUT2D eigenvalue weighted by Crippen LogP contribution is 2.31. The van der Waals surface area contributed by atoms with E-state index in [-0.39, 0.29) is 5.82 Å². The molecule has 0 aliphatic carbocycles. The number of hydrogen-bond acceptors (Lipinski definition) is 6. The number of carbonyl (C=O) groups excluding carboxylic acids is 3. The first kappa shape index (κ1) is 13.1. The highest BCUT2D eigenvalue weighted by molar-refractivity contribution is 6.33. The van der Waals surface area contributed by atoms with E-state index in [1.807, 2.05) is 0 Å². The Labute approximate surface area is 119 Å². The number of Topliss-reactive ketones (excluding diaryl/α,β-unsaturated/α-hetero) is 2. The first-order valence-corrected chi connectivity index (χ1v) is 6.37. The van der Waals surface area contributed by atoms with Crippen LogP contribution in [0.15, 0.2) is 24.3 Å². The van der Waals surface area contributed by atoms with E-state index in [0.717, 1.165) is 0 Å². The van der Waals surface area contributed by atoms with Crippen molar-refractivity contribution in [1.82, 2.24) is 20.6 Å². The van der Waals surface area contributed by atoms with Gasteiger partial charge in [-0.3, -0.25) is 14.4 Å². The zero-order valence-corrected chi connectivity index (χ0v) is 11.1. The van der Waals surface area contributed by atoms with Gasteiger partial charge in [-0.05, 0) is 24.3 Å². The van der Waals surface area contributed by atoms with Crippen LogP contribution in [0.3, 0.4) is 0 Å². The molecular formula is C13H11N5O3. The molecule has 106 valence electrons. The zero-order chi connectivity index (χ0) is 15.0. The lowest BCUT2D eigenvalue weighted by atomic mass is 9.87. The van der Waals surface area contributed by atoms with Gasteiger partial charge in [-0.1, -0.05) is 12.1 Å². The molecule has 1 atom stereocenters. The number of nitrogens with one attached hydrogen (secondary N) is 1. The molecule has 1 amide bonds. The smallest absolute Gasteiger partial charge is 0.246 e. The molecule has 0 spiro atoms. The molecule has 0 fully saturated rings. The minimum Gasteiger partial charge on any atom is -0.311 e. The Morgan fingerprint density at radius 1 is 1.33 bits per heavy atom. The summed E-state index contributed by atoms with van der Waals surface area (Å²) in [6, 6.07) is 6.71. The predicted molar refractivity (Wildman–Crippen MR) is 70.8 cm³/mol. The van der Waals surface area contributed by atoms with Gasteiger partial charge in [-0.2, -0.15) is 5.21 Å². The molecule has 1 aliphatic rings. The van der Waals surface area contributed by atoms with Gasteiger partial charge in [-0.15, -0.1) is 10.2 Å². The molecule has 1 aromatic heterocycles. The van der Waals surface area contributed by atoms with E-state index in [1.54, 1.807) is 31.2 Å². The summed E-state index contributed by atoms with van der Waals surface area (Å²) in [4.78, 5) is 38.7. The lowest BCUT2D eigenvalue weighted by molar-refractivity contribution is -0.120. The third-order valence-corrected chi connectivity index (χ3v) is 3.38. The molecule has 0 radical (unpaired) electrons. The summed E-state index contributed by atoms with van der Waals surface area (Å²) in [6.45, 7) is 2.14. The van der Waals surface area contributed by atoms with Crippen molar-refractivity contribution in [2.75, 3.05) is 11.4 Å². The molecular weight excluding hydrogens is 274 g/mol. The highest BCUT2D eigenvalue weighted by Gasteiger charge is 2.44. The molecule has 2 heterocycles. The normalized spacial score (nSPS) is 17.8. The number of aromatic nitrogens is 4. The van der Waals surface area contributed by atoms with Gasteiger partial charge in [0.1, 0.15) is 0 Å². The second-order valence-corrected chi connectivity index (χ2v) is 4.50. The number of fused-ring (bicyclic) bond motifs is 1. The Hall–Kier alpha value is -2.90. The molecule has 1 unspecified atom stereocenters. The predicted octanol–water partition coefficient (Wildman–Crippen LogP) is 0.248. The van der Waals surface area contributed by atoms with Crippen LogP contribution in [0, 0.1) is 5.92 Å². The van der Waals surface area contributed by atoms with Gasteiger partial charge in [0.15, 0.2) is 11.7 Å². The number of aromatic amines is 1. The molecule has 1 aliphatic heterocycles. The minimum atomic E-state index is -1.45. The summed E-state index contributed by atoms with van der Waals surface area (Å²) in [5.41, 5.74) is 0.868. The fourth-order valence-corrected chi connectivity index (χ4v) is 2.41.